The average molecular weight is 508 g/mol. The fraction of sp³-hybridized carbons (Fsp3) is 0.833. The third-order valence-corrected chi connectivity index (χ3v) is 3.82. The van der Waals surface area contributed by atoms with E-state index in [0.29, 0.717) is 50.4 Å². The van der Waals surface area contributed by atoms with Crippen molar-refractivity contribution in [1.82, 2.24) is 0 Å². The third-order valence-electron chi connectivity index (χ3n) is 3.82. The molecule has 0 aliphatic heterocycles. The van der Waals surface area contributed by atoms with Gasteiger partial charge >= 0.3 is 21.7 Å². The second kappa shape index (κ2) is 28.9. The number of carboxylic acids is 2. The average Bonchev–Trinajstić information content (AvgIpc) is 2.70. The normalized spacial score (nSPS) is 11.3. The van der Waals surface area contributed by atoms with Crippen LogP contribution in [0.2, 0.25) is 0 Å². The smallest absolute Gasteiger partial charge is 0.854 e. The van der Waals surface area contributed by atoms with Gasteiger partial charge in [0.25, 0.3) is 0 Å². The van der Waals surface area contributed by atoms with E-state index >= 15 is 0 Å². The first-order chi connectivity index (χ1) is 14.8. The Labute approximate surface area is 215 Å². The largest absolute Gasteiger partial charge is 4.00 e. The summed E-state index contributed by atoms with van der Waals surface area (Å²) in [6.45, 7) is 14.8. The van der Waals surface area contributed by atoms with Gasteiger partial charge in [0.05, 0.1) is 23.8 Å². The molecule has 0 aromatic heterocycles. The van der Waals surface area contributed by atoms with Crippen LogP contribution in [0.4, 0.5) is 0 Å². The van der Waals surface area contributed by atoms with E-state index in [-0.39, 0.29) is 46.5 Å². The zero-order valence-electron chi connectivity index (χ0n) is 21.7. The molecule has 2 unspecified atom stereocenters. The third kappa shape index (κ3) is 30.9. The summed E-state index contributed by atoms with van der Waals surface area (Å²) in [4.78, 5) is 42.6. The molecule has 0 aromatic rings. The molecule has 0 aliphatic carbocycles. The van der Waals surface area contributed by atoms with Crippen molar-refractivity contribution in [1.29, 1.82) is 0 Å². The molecule has 33 heavy (non-hydrogen) atoms. The van der Waals surface area contributed by atoms with Crippen LogP contribution in [0.25, 0.3) is 0 Å². The van der Waals surface area contributed by atoms with E-state index in [1.165, 1.54) is 0 Å². The van der Waals surface area contributed by atoms with Gasteiger partial charge in [-0.3, -0.25) is 9.59 Å². The van der Waals surface area contributed by atoms with Crippen molar-refractivity contribution in [2.45, 2.75) is 93.9 Å². The maximum Gasteiger partial charge on any atom is 4.00 e. The van der Waals surface area contributed by atoms with Gasteiger partial charge in [-0.15, -0.1) is 13.2 Å². The number of Topliss-reactive ketones (excluding diaryl/α,β-unsaturated/α-hetero) is 2. The SMILES string of the molecule is CC(C)C[O-].CC(C)C[O-].CCCC(=O)C(CC)C(=O)[O-].CCCC(=O)C(CC)C(=O)[O-].[Ti+4]. The minimum atomic E-state index is -1.24. The molecular weight excluding hydrogens is 464 g/mol. The molecule has 0 saturated carbocycles. The number of hydrogen-bond acceptors (Lipinski definition) is 8. The van der Waals surface area contributed by atoms with Crippen LogP contribution in [0.3, 0.4) is 0 Å². The number of carboxylic acid groups (broad SMARTS) is 2. The molecule has 0 spiro atoms. The van der Waals surface area contributed by atoms with Gasteiger partial charge in [0.15, 0.2) is 0 Å². The Morgan fingerprint density at radius 1 is 0.606 bits per heavy atom. The molecule has 2 atom stereocenters. The van der Waals surface area contributed by atoms with Crippen LogP contribution < -0.4 is 20.4 Å². The Balaban J connectivity index is -0.000000112. The molecule has 0 aromatic carbocycles. The molecule has 0 fully saturated rings. The number of aliphatic carboxylic acids is 2. The van der Waals surface area contributed by atoms with Crippen molar-refractivity contribution in [2.75, 3.05) is 13.2 Å². The summed E-state index contributed by atoms with van der Waals surface area (Å²) in [6, 6.07) is 0. The molecule has 0 radical (unpaired) electrons. The summed E-state index contributed by atoms with van der Waals surface area (Å²) in [5.41, 5.74) is 0. The molecular formula is C24H44O8Ti. The molecule has 0 bridgehead atoms. The second-order valence-corrected chi connectivity index (χ2v) is 8.11. The van der Waals surface area contributed by atoms with E-state index in [4.69, 9.17) is 0 Å². The Kier molecular flexibility index (Phi) is 36.9. The summed E-state index contributed by atoms with van der Waals surface area (Å²) in [7, 11) is 0. The number of ketones is 2. The Bertz CT molecular complexity index is 449. The number of hydrogen-bond donors (Lipinski definition) is 0. The minimum absolute atomic E-state index is 0. The van der Waals surface area contributed by atoms with Gasteiger partial charge in [-0.1, -0.05) is 67.2 Å². The number of rotatable bonds is 12. The van der Waals surface area contributed by atoms with Gasteiger partial charge in [0.2, 0.25) is 0 Å². The van der Waals surface area contributed by atoms with Gasteiger partial charge in [0, 0.05) is 12.8 Å². The van der Waals surface area contributed by atoms with Crippen molar-refractivity contribution in [3.8, 4) is 0 Å². The second-order valence-electron chi connectivity index (χ2n) is 8.11. The topological polar surface area (TPSA) is 161 Å². The molecule has 192 valence electrons. The van der Waals surface area contributed by atoms with Crippen molar-refractivity contribution < 1.29 is 61.3 Å². The fourth-order valence-electron chi connectivity index (χ4n) is 1.89. The molecule has 0 amide bonds. The zero-order chi connectivity index (χ0) is 26.3. The number of carbonyl (C=O) groups is 4. The summed E-state index contributed by atoms with van der Waals surface area (Å²) >= 11 is 0. The minimum Gasteiger partial charge on any atom is -0.854 e. The molecule has 0 heterocycles. The summed E-state index contributed by atoms with van der Waals surface area (Å²) < 4.78 is 0. The molecule has 9 heteroatoms. The van der Waals surface area contributed by atoms with Crippen molar-refractivity contribution in [3.63, 3.8) is 0 Å². The van der Waals surface area contributed by atoms with Gasteiger partial charge in [-0.2, -0.15) is 0 Å². The predicted molar refractivity (Wildman–Crippen MR) is 117 cm³/mol. The summed E-state index contributed by atoms with van der Waals surface area (Å²) in [6.07, 6.45) is 2.74. The van der Waals surface area contributed by atoms with E-state index in [2.05, 4.69) is 0 Å². The number of carbonyl (C=O) groups excluding carboxylic acids is 4. The van der Waals surface area contributed by atoms with E-state index in [1.54, 1.807) is 13.8 Å². The maximum absolute atomic E-state index is 11.0. The monoisotopic (exact) mass is 508 g/mol. The van der Waals surface area contributed by atoms with Crippen LogP contribution in [0.15, 0.2) is 0 Å². The van der Waals surface area contributed by atoms with E-state index in [1.807, 2.05) is 41.5 Å². The van der Waals surface area contributed by atoms with Gasteiger partial charge in [0.1, 0.15) is 11.6 Å². The van der Waals surface area contributed by atoms with Crippen LogP contribution in [0.1, 0.15) is 93.9 Å². The van der Waals surface area contributed by atoms with E-state index in [9.17, 15) is 39.6 Å². The molecule has 0 saturated heterocycles. The van der Waals surface area contributed by atoms with Gasteiger partial charge in [-0.25, -0.2) is 0 Å². The van der Waals surface area contributed by atoms with Gasteiger partial charge < -0.3 is 30.0 Å². The standard InChI is InChI=1S/2C8H14O3.2C4H9O.Ti/c2*1-3-5-7(9)6(4-2)8(10)11;2*1-4(2)3-5;/h2*6H,3-5H2,1-2H3,(H,10,11);2*4H,3H2,1-2H3;/q;;2*-1;+4/p-2. The Hall–Kier alpha value is -1.09. The summed E-state index contributed by atoms with van der Waals surface area (Å²) in [5, 5.41) is 39.9. The predicted octanol–water partition coefficient (Wildman–Crippen LogP) is 0.266. The molecule has 0 aliphatic rings. The summed E-state index contributed by atoms with van der Waals surface area (Å²) in [5.74, 6) is -4.04. The quantitative estimate of drug-likeness (QED) is 0.268. The fourth-order valence-corrected chi connectivity index (χ4v) is 1.89. The molecule has 8 nitrogen and oxygen atoms in total. The van der Waals surface area contributed by atoms with Crippen LogP contribution in [-0.4, -0.2) is 36.7 Å². The van der Waals surface area contributed by atoms with Crippen LogP contribution >= 0.6 is 0 Å². The first-order valence-electron chi connectivity index (χ1n) is 11.4. The first-order valence-corrected chi connectivity index (χ1v) is 11.4. The van der Waals surface area contributed by atoms with E-state index < -0.39 is 23.8 Å². The van der Waals surface area contributed by atoms with Crippen LogP contribution in [0.5, 0.6) is 0 Å². The van der Waals surface area contributed by atoms with E-state index in [0.717, 1.165) is 0 Å². The zero-order valence-corrected chi connectivity index (χ0v) is 23.3. The molecule has 0 N–H and O–H groups in total. The van der Waals surface area contributed by atoms with Crippen molar-refractivity contribution in [3.05, 3.63) is 0 Å². The van der Waals surface area contributed by atoms with Crippen molar-refractivity contribution in [2.24, 2.45) is 23.7 Å². The van der Waals surface area contributed by atoms with Crippen molar-refractivity contribution >= 4 is 23.5 Å². The Morgan fingerprint density at radius 3 is 0.909 bits per heavy atom. The molecule has 0 rings (SSSR count). The van der Waals surface area contributed by atoms with Gasteiger partial charge in [-0.05, 0) is 25.7 Å². The van der Waals surface area contributed by atoms with Crippen LogP contribution in [-0.2, 0) is 40.9 Å². The first kappa shape index (κ1) is 42.1. The van der Waals surface area contributed by atoms with Crippen LogP contribution in [0, 0.1) is 23.7 Å². The Morgan fingerprint density at radius 2 is 0.818 bits per heavy atom. The maximum atomic E-state index is 11.0.